The summed E-state index contributed by atoms with van der Waals surface area (Å²) in [6.45, 7) is 0.790. The Balaban J connectivity index is 1.58. The molecule has 0 radical (unpaired) electrons. The van der Waals surface area contributed by atoms with Gasteiger partial charge in [0.2, 0.25) is 0 Å². The van der Waals surface area contributed by atoms with E-state index in [9.17, 15) is 9.59 Å². The van der Waals surface area contributed by atoms with E-state index in [-0.39, 0.29) is 12.3 Å². The lowest BCUT2D eigenvalue weighted by Crippen LogP contribution is -2.29. The van der Waals surface area contributed by atoms with E-state index in [0.717, 1.165) is 21.3 Å². The third-order valence-corrected chi connectivity index (χ3v) is 6.05. The molecule has 1 saturated heterocycles. The summed E-state index contributed by atoms with van der Waals surface area (Å²) in [6, 6.07) is 15.4. The number of thiocarbonyl (C=S) groups is 1. The molecule has 1 fully saturated rings. The van der Waals surface area contributed by atoms with Crippen molar-refractivity contribution in [1.82, 2.24) is 4.90 Å². The van der Waals surface area contributed by atoms with Crippen LogP contribution < -0.4 is 4.74 Å². The number of aliphatic carboxylic acids is 1. The van der Waals surface area contributed by atoms with Gasteiger partial charge >= 0.3 is 5.97 Å². The van der Waals surface area contributed by atoms with Gasteiger partial charge in [0.05, 0.1) is 4.91 Å². The van der Waals surface area contributed by atoms with Gasteiger partial charge in [-0.05, 0) is 47.9 Å². The summed E-state index contributed by atoms with van der Waals surface area (Å²) in [5, 5.41) is 8.74. The zero-order valence-corrected chi connectivity index (χ0v) is 18.6. The fourth-order valence-corrected chi connectivity index (χ4v) is 4.21. The van der Waals surface area contributed by atoms with Gasteiger partial charge in [0, 0.05) is 17.4 Å². The van der Waals surface area contributed by atoms with E-state index in [1.165, 1.54) is 16.7 Å². The van der Waals surface area contributed by atoms with Crippen LogP contribution >= 0.6 is 39.9 Å². The van der Waals surface area contributed by atoms with E-state index in [0.29, 0.717) is 28.8 Å². The molecule has 0 bridgehead atoms. The van der Waals surface area contributed by atoms with Crippen LogP contribution in [-0.2, 0) is 16.2 Å². The van der Waals surface area contributed by atoms with Crippen LogP contribution in [0.1, 0.15) is 24.0 Å². The zero-order valence-electron chi connectivity index (χ0n) is 15.3. The monoisotopic (exact) mass is 491 g/mol. The average molecular weight is 492 g/mol. The molecule has 3 rings (SSSR count). The van der Waals surface area contributed by atoms with Crippen molar-refractivity contribution >= 4 is 62.2 Å². The molecule has 0 aliphatic carbocycles. The molecule has 1 amide bonds. The molecule has 5 nitrogen and oxygen atoms in total. The Bertz CT molecular complexity index is 942. The number of hydrogen-bond donors (Lipinski definition) is 1. The van der Waals surface area contributed by atoms with Gasteiger partial charge in [-0.1, -0.05) is 64.2 Å². The number of carbonyl (C=O) groups is 2. The van der Waals surface area contributed by atoms with Gasteiger partial charge in [-0.3, -0.25) is 14.5 Å². The Kier molecular flexibility index (Phi) is 7.46. The largest absolute Gasteiger partial charge is 0.489 e. The highest BCUT2D eigenvalue weighted by Gasteiger charge is 2.31. The normalized spacial score (nSPS) is 15.2. The van der Waals surface area contributed by atoms with E-state index in [4.69, 9.17) is 22.1 Å². The molecule has 29 heavy (non-hydrogen) atoms. The van der Waals surface area contributed by atoms with Crippen molar-refractivity contribution in [2.75, 3.05) is 6.54 Å². The maximum atomic E-state index is 12.5. The first-order valence-corrected chi connectivity index (χ1v) is 10.9. The van der Waals surface area contributed by atoms with Crippen LogP contribution in [0, 0.1) is 0 Å². The molecule has 2 aromatic rings. The number of ether oxygens (including phenoxy) is 1. The topological polar surface area (TPSA) is 66.8 Å². The smallest absolute Gasteiger partial charge is 0.303 e. The first kappa shape index (κ1) is 21.5. The second-order valence-corrected chi connectivity index (χ2v) is 8.91. The number of nitrogens with zero attached hydrogens (tertiary/aromatic N) is 1. The summed E-state index contributed by atoms with van der Waals surface area (Å²) < 4.78 is 7.28. The standard InChI is InChI=1S/C21H18BrNO4S2/c22-16-7-3-15(4-8-16)13-27-17-9-5-14(6-10-17)12-18-20(26)23(21(28)29-18)11-1-2-19(24)25/h3-10,12H,1-2,11,13H2,(H,24,25)/b18-12-. The molecule has 2 aromatic carbocycles. The highest BCUT2D eigenvalue weighted by atomic mass is 79.9. The van der Waals surface area contributed by atoms with Crippen molar-refractivity contribution in [3.05, 3.63) is 69.0 Å². The van der Waals surface area contributed by atoms with Gasteiger partial charge in [-0.25, -0.2) is 0 Å². The number of hydrogen-bond acceptors (Lipinski definition) is 5. The van der Waals surface area contributed by atoms with Crippen LogP contribution in [0.2, 0.25) is 0 Å². The third kappa shape index (κ3) is 6.16. The molecular weight excluding hydrogens is 474 g/mol. The Morgan fingerprint density at radius 2 is 1.86 bits per heavy atom. The van der Waals surface area contributed by atoms with Gasteiger partial charge in [0.15, 0.2) is 0 Å². The molecule has 1 heterocycles. The highest BCUT2D eigenvalue weighted by Crippen LogP contribution is 2.33. The quantitative estimate of drug-likeness (QED) is 0.409. The van der Waals surface area contributed by atoms with E-state index in [1.54, 1.807) is 6.08 Å². The Hall–Kier alpha value is -2.16. The van der Waals surface area contributed by atoms with Crippen molar-refractivity contribution in [3.8, 4) is 5.75 Å². The third-order valence-electron chi connectivity index (χ3n) is 4.14. The summed E-state index contributed by atoms with van der Waals surface area (Å²) in [5.41, 5.74) is 1.94. The van der Waals surface area contributed by atoms with Crippen molar-refractivity contribution < 1.29 is 19.4 Å². The minimum atomic E-state index is -0.881. The predicted octanol–water partition coefficient (Wildman–Crippen LogP) is 5.09. The lowest BCUT2D eigenvalue weighted by atomic mass is 10.2. The number of benzene rings is 2. The van der Waals surface area contributed by atoms with Crippen LogP contribution in [0.5, 0.6) is 5.75 Å². The molecule has 1 aliphatic rings. The second-order valence-electron chi connectivity index (χ2n) is 6.31. The molecule has 1 aliphatic heterocycles. The molecule has 0 saturated carbocycles. The maximum absolute atomic E-state index is 12.5. The van der Waals surface area contributed by atoms with Gasteiger partial charge in [-0.2, -0.15) is 0 Å². The minimum absolute atomic E-state index is 0.0117. The summed E-state index contributed by atoms with van der Waals surface area (Å²) in [7, 11) is 0. The first-order valence-electron chi connectivity index (χ1n) is 8.87. The summed E-state index contributed by atoms with van der Waals surface area (Å²) >= 11 is 9.90. The summed E-state index contributed by atoms with van der Waals surface area (Å²) in [6.07, 6.45) is 2.17. The Labute approximate surface area is 186 Å². The van der Waals surface area contributed by atoms with Crippen molar-refractivity contribution in [3.63, 3.8) is 0 Å². The average Bonchev–Trinajstić information content (AvgIpc) is 2.96. The van der Waals surface area contributed by atoms with E-state index in [1.807, 2.05) is 48.5 Å². The van der Waals surface area contributed by atoms with Gasteiger partial charge in [0.1, 0.15) is 16.7 Å². The predicted molar refractivity (Wildman–Crippen MR) is 122 cm³/mol. The Morgan fingerprint density at radius 1 is 1.17 bits per heavy atom. The molecule has 8 heteroatoms. The van der Waals surface area contributed by atoms with Gasteiger partial charge in [-0.15, -0.1) is 0 Å². The minimum Gasteiger partial charge on any atom is -0.489 e. The van der Waals surface area contributed by atoms with Crippen molar-refractivity contribution in [2.24, 2.45) is 0 Å². The van der Waals surface area contributed by atoms with Crippen molar-refractivity contribution in [1.29, 1.82) is 0 Å². The van der Waals surface area contributed by atoms with E-state index < -0.39 is 5.97 Å². The lowest BCUT2D eigenvalue weighted by Gasteiger charge is -2.13. The second kappa shape index (κ2) is 10.0. The number of halogens is 1. The van der Waals surface area contributed by atoms with Crippen LogP contribution in [0.15, 0.2) is 57.9 Å². The van der Waals surface area contributed by atoms with Gasteiger partial charge in [0.25, 0.3) is 5.91 Å². The summed E-state index contributed by atoms with van der Waals surface area (Å²) in [5.74, 6) is -0.319. The molecule has 0 unspecified atom stereocenters. The summed E-state index contributed by atoms with van der Waals surface area (Å²) in [4.78, 5) is 25.2. The SMILES string of the molecule is O=C(O)CCCN1C(=O)/C(=C/c2ccc(OCc3ccc(Br)cc3)cc2)SC1=S. The maximum Gasteiger partial charge on any atom is 0.303 e. The fraction of sp³-hybridized carbons (Fsp3) is 0.190. The molecular formula is C21H18BrNO4S2. The highest BCUT2D eigenvalue weighted by molar-refractivity contribution is 9.10. The van der Waals surface area contributed by atoms with E-state index >= 15 is 0 Å². The number of carbonyl (C=O) groups excluding carboxylic acids is 1. The zero-order chi connectivity index (χ0) is 20.8. The van der Waals surface area contributed by atoms with Crippen LogP contribution in [0.25, 0.3) is 6.08 Å². The van der Waals surface area contributed by atoms with Crippen LogP contribution in [0.4, 0.5) is 0 Å². The molecule has 1 N–H and O–H groups in total. The molecule has 150 valence electrons. The number of carboxylic acids is 1. The van der Waals surface area contributed by atoms with E-state index in [2.05, 4.69) is 15.9 Å². The van der Waals surface area contributed by atoms with Crippen LogP contribution in [-0.4, -0.2) is 32.7 Å². The molecule has 0 atom stereocenters. The molecule has 0 spiro atoms. The lowest BCUT2D eigenvalue weighted by molar-refractivity contribution is -0.137. The number of thioether (sulfide) groups is 1. The van der Waals surface area contributed by atoms with Crippen LogP contribution in [0.3, 0.4) is 0 Å². The first-order chi connectivity index (χ1) is 13.9. The fourth-order valence-electron chi connectivity index (χ4n) is 2.64. The molecule has 0 aromatic heterocycles. The number of rotatable bonds is 8. The Morgan fingerprint density at radius 3 is 2.52 bits per heavy atom. The number of carboxylic acid groups (broad SMARTS) is 1. The van der Waals surface area contributed by atoms with Crippen molar-refractivity contribution in [2.45, 2.75) is 19.4 Å². The number of amides is 1. The van der Waals surface area contributed by atoms with Gasteiger partial charge < -0.3 is 9.84 Å².